The van der Waals surface area contributed by atoms with E-state index < -0.39 is 0 Å². The number of oxazole rings is 1. The predicted molar refractivity (Wildman–Crippen MR) is 101 cm³/mol. The molecular formula is C22H23NO2. The Balaban J connectivity index is 1.56. The fraction of sp³-hybridized carbons (Fsp3) is 0.227. The zero-order chi connectivity index (χ0) is 17.5. The van der Waals surface area contributed by atoms with Crippen molar-refractivity contribution in [1.29, 1.82) is 0 Å². The molecule has 3 nitrogen and oxygen atoms in total. The molecule has 128 valence electrons. The summed E-state index contributed by atoms with van der Waals surface area (Å²) in [6, 6.07) is 18.2. The molecule has 0 fully saturated rings. The zero-order valence-electron chi connectivity index (χ0n) is 14.7. The van der Waals surface area contributed by atoms with Gasteiger partial charge < -0.3 is 9.15 Å². The first-order valence-electron chi connectivity index (χ1n) is 8.61. The molecular weight excluding hydrogens is 310 g/mol. The minimum Gasteiger partial charge on any atom is -0.493 e. The number of ether oxygens (including phenoxy) is 1. The number of hydrogen-bond acceptors (Lipinski definition) is 3. The van der Waals surface area contributed by atoms with Crippen molar-refractivity contribution in [2.24, 2.45) is 0 Å². The van der Waals surface area contributed by atoms with Gasteiger partial charge in [0.25, 0.3) is 0 Å². The van der Waals surface area contributed by atoms with Gasteiger partial charge in [0, 0.05) is 12.0 Å². The van der Waals surface area contributed by atoms with E-state index in [1.54, 1.807) is 0 Å². The van der Waals surface area contributed by atoms with Gasteiger partial charge in [0.1, 0.15) is 11.5 Å². The summed E-state index contributed by atoms with van der Waals surface area (Å²) >= 11 is 0. The van der Waals surface area contributed by atoms with Crippen LogP contribution in [0.1, 0.15) is 23.9 Å². The molecule has 3 aromatic rings. The molecule has 2 aromatic carbocycles. The van der Waals surface area contributed by atoms with Crippen molar-refractivity contribution in [2.45, 2.75) is 26.7 Å². The van der Waals surface area contributed by atoms with E-state index in [0.717, 1.165) is 35.6 Å². The summed E-state index contributed by atoms with van der Waals surface area (Å²) in [5, 5.41) is 0. The van der Waals surface area contributed by atoms with Crippen molar-refractivity contribution < 1.29 is 9.15 Å². The van der Waals surface area contributed by atoms with E-state index in [4.69, 9.17) is 9.15 Å². The van der Waals surface area contributed by atoms with Crippen molar-refractivity contribution in [2.75, 3.05) is 6.61 Å². The molecule has 25 heavy (non-hydrogen) atoms. The van der Waals surface area contributed by atoms with E-state index in [1.165, 1.54) is 5.56 Å². The number of nitrogens with zero attached hydrogens (tertiary/aromatic N) is 1. The highest BCUT2D eigenvalue weighted by molar-refractivity contribution is 5.53. The number of hydrogen-bond donors (Lipinski definition) is 0. The van der Waals surface area contributed by atoms with Gasteiger partial charge in [-0.05, 0) is 50.1 Å². The fourth-order valence-electron chi connectivity index (χ4n) is 2.61. The molecule has 0 N–H and O–H groups in total. The largest absolute Gasteiger partial charge is 0.493 e. The van der Waals surface area contributed by atoms with Crippen LogP contribution in [-0.4, -0.2) is 11.6 Å². The number of rotatable bonds is 7. The Labute approximate surface area is 149 Å². The fourth-order valence-corrected chi connectivity index (χ4v) is 2.61. The van der Waals surface area contributed by atoms with Gasteiger partial charge in [0.15, 0.2) is 0 Å². The van der Waals surface area contributed by atoms with E-state index in [0.29, 0.717) is 12.5 Å². The molecule has 0 aliphatic heterocycles. The third-order valence-electron chi connectivity index (χ3n) is 4.03. The van der Waals surface area contributed by atoms with E-state index in [-0.39, 0.29) is 0 Å². The maximum Gasteiger partial charge on any atom is 0.226 e. The molecule has 3 rings (SSSR count). The first-order chi connectivity index (χ1) is 12.3. The van der Waals surface area contributed by atoms with Gasteiger partial charge in [0.2, 0.25) is 5.89 Å². The van der Waals surface area contributed by atoms with Gasteiger partial charge in [-0.15, -0.1) is 0 Å². The molecule has 1 aromatic heterocycles. The van der Waals surface area contributed by atoms with Crippen LogP contribution in [0.3, 0.4) is 0 Å². The van der Waals surface area contributed by atoms with E-state index in [2.05, 4.69) is 29.3 Å². The second-order valence-electron chi connectivity index (χ2n) is 5.90. The van der Waals surface area contributed by atoms with Gasteiger partial charge in [-0.2, -0.15) is 0 Å². The minimum absolute atomic E-state index is 0.579. The quantitative estimate of drug-likeness (QED) is 0.544. The first-order valence-corrected chi connectivity index (χ1v) is 8.61. The number of benzene rings is 2. The average molecular weight is 333 g/mol. The number of aromatic nitrogens is 1. The topological polar surface area (TPSA) is 35.3 Å². The normalized spacial score (nSPS) is 11.1. The molecule has 0 amide bonds. The summed E-state index contributed by atoms with van der Waals surface area (Å²) in [6.07, 6.45) is 5.89. The monoisotopic (exact) mass is 333 g/mol. The van der Waals surface area contributed by atoms with Crippen LogP contribution in [0, 0.1) is 6.92 Å². The molecule has 0 bridgehead atoms. The Kier molecular flexibility index (Phi) is 5.68. The van der Waals surface area contributed by atoms with Crippen molar-refractivity contribution in [3.05, 3.63) is 83.8 Å². The third kappa shape index (κ3) is 4.60. The Morgan fingerprint density at radius 3 is 2.52 bits per heavy atom. The summed E-state index contributed by atoms with van der Waals surface area (Å²) in [7, 11) is 0. The molecule has 1 heterocycles. The van der Waals surface area contributed by atoms with Crippen LogP contribution in [-0.2, 0) is 12.8 Å². The Hall–Kier alpha value is -2.81. The van der Waals surface area contributed by atoms with E-state index in [9.17, 15) is 0 Å². The lowest BCUT2D eigenvalue weighted by atomic mass is 10.1. The summed E-state index contributed by atoms with van der Waals surface area (Å²) < 4.78 is 11.6. The smallest absolute Gasteiger partial charge is 0.226 e. The van der Waals surface area contributed by atoms with Gasteiger partial charge in [-0.25, -0.2) is 4.98 Å². The second kappa shape index (κ2) is 8.34. The lowest BCUT2D eigenvalue weighted by Gasteiger charge is -2.06. The highest BCUT2D eigenvalue weighted by atomic mass is 16.5. The molecule has 0 unspecified atom stereocenters. The summed E-state index contributed by atoms with van der Waals surface area (Å²) in [5.41, 5.74) is 3.23. The zero-order valence-corrected chi connectivity index (χ0v) is 14.7. The van der Waals surface area contributed by atoms with Crippen LogP contribution in [0.5, 0.6) is 5.75 Å². The van der Waals surface area contributed by atoms with Crippen LogP contribution in [0.25, 0.3) is 11.5 Å². The molecule has 0 radical (unpaired) electrons. The van der Waals surface area contributed by atoms with Crippen LogP contribution >= 0.6 is 0 Å². The van der Waals surface area contributed by atoms with Crippen molar-refractivity contribution in [1.82, 2.24) is 4.98 Å². The average Bonchev–Trinajstić information content (AvgIpc) is 3.03. The van der Waals surface area contributed by atoms with Crippen LogP contribution in [0.2, 0.25) is 0 Å². The SMILES string of the molecule is C/C=C/Cc1ccc(OCCc2nc(-c3ccccc3)oc2C)cc1. The number of aryl methyl sites for hydroxylation is 1. The van der Waals surface area contributed by atoms with Gasteiger partial charge in [0.05, 0.1) is 12.3 Å². The Bertz CT molecular complexity index is 817. The summed E-state index contributed by atoms with van der Waals surface area (Å²) in [6.45, 7) is 4.56. The molecule has 0 atom stereocenters. The molecule has 0 saturated carbocycles. The van der Waals surface area contributed by atoms with Crippen LogP contribution < -0.4 is 4.74 Å². The maximum atomic E-state index is 5.84. The molecule has 0 aliphatic carbocycles. The van der Waals surface area contributed by atoms with Gasteiger partial charge in [-0.1, -0.05) is 42.5 Å². The maximum absolute atomic E-state index is 5.84. The van der Waals surface area contributed by atoms with Crippen molar-refractivity contribution in [3.8, 4) is 17.2 Å². The Morgan fingerprint density at radius 2 is 1.80 bits per heavy atom. The van der Waals surface area contributed by atoms with Crippen LogP contribution in [0.15, 0.2) is 71.2 Å². The first kappa shape index (κ1) is 17.0. The summed E-state index contributed by atoms with van der Waals surface area (Å²) in [4.78, 5) is 4.60. The lowest BCUT2D eigenvalue weighted by Crippen LogP contribution is -2.02. The van der Waals surface area contributed by atoms with Gasteiger partial charge >= 0.3 is 0 Å². The highest BCUT2D eigenvalue weighted by Gasteiger charge is 2.11. The van der Waals surface area contributed by atoms with Crippen molar-refractivity contribution in [3.63, 3.8) is 0 Å². The molecule has 0 spiro atoms. The van der Waals surface area contributed by atoms with E-state index >= 15 is 0 Å². The molecule has 0 aliphatic rings. The lowest BCUT2D eigenvalue weighted by molar-refractivity contribution is 0.320. The predicted octanol–water partition coefficient (Wildman–Crippen LogP) is 5.39. The van der Waals surface area contributed by atoms with Crippen molar-refractivity contribution >= 4 is 0 Å². The molecule has 3 heteroatoms. The van der Waals surface area contributed by atoms with Gasteiger partial charge in [-0.3, -0.25) is 0 Å². The van der Waals surface area contributed by atoms with Crippen LogP contribution in [0.4, 0.5) is 0 Å². The second-order valence-corrected chi connectivity index (χ2v) is 5.90. The summed E-state index contributed by atoms with van der Waals surface area (Å²) in [5.74, 6) is 2.40. The molecule has 0 saturated heterocycles. The highest BCUT2D eigenvalue weighted by Crippen LogP contribution is 2.22. The third-order valence-corrected chi connectivity index (χ3v) is 4.03. The Morgan fingerprint density at radius 1 is 1.04 bits per heavy atom. The standard InChI is InChI=1S/C22H23NO2/c1-3-4-8-18-11-13-20(14-12-18)24-16-15-21-17(2)25-22(23-21)19-9-6-5-7-10-19/h3-7,9-14H,8,15-16H2,1-2H3/b4-3+. The minimum atomic E-state index is 0.579. The van der Waals surface area contributed by atoms with E-state index in [1.807, 2.05) is 56.3 Å². The number of allylic oxidation sites excluding steroid dienone is 2.